The maximum atomic E-state index is 13.6. The molecule has 204 valence electrons. The van der Waals surface area contributed by atoms with Crippen LogP contribution in [0.1, 0.15) is 66.0 Å². The van der Waals surface area contributed by atoms with Crippen molar-refractivity contribution < 1.29 is 13.5 Å². The normalized spacial score (nSPS) is 11.8. The summed E-state index contributed by atoms with van der Waals surface area (Å²) in [6.45, 7) is 24.8. The van der Waals surface area contributed by atoms with Crippen molar-refractivity contribution in [2.24, 2.45) is 0 Å². The molecule has 0 aliphatic rings. The maximum absolute atomic E-state index is 13.6. The zero-order chi connectivity index (χ0) is 28.5. The number of halogens is 2. The van der Waals surface area contributed by atoms with E-state index in [2.05, 4.69) is 50.7 Å². The highest BCUT2D eigenvalue weighted by atomic mass is 32.1. The smallest absolute Gasteiger partial charge is 0.270 e. The van der Waals surface area contributed by atoms with Crippen molar-refractivity contribution >= 4 is 17.0 Å². The molecule has 0 fully saturated rings. The van der Waals surface area contributed by atoms with Gasteiger partial charge in [-0.25, -0.2) is 8.78 Å². The third-order valence-electron chi connectivity index (χ3n) is 6.35. The fraction of sp³-hybridized carbons (Fsp3) is 0.333. The topological polar surface area (TPSA) is 21.3 Å². The number of alkyl halides is 2. The fourth-order valence-corrected chi connectivity index (χ4v) is 5.36. The van der Waals surface area contributed by atoms with Crippen molar-refractivity contribution in [2.75, 3.05) is 13.2 Å². The summed E-state index contributed by atoms with van der Waals surface area (Å²) in [6.07, 6.45) is 1.90. The lowest BCUT2D eigenvalue weighted by Crippen LogP contribution is -2.12. The van der Waals surface area contributed by atoms with Gasteiger partial charge in [-0.15, -0.1) is 31.1 Å². The first-order valence-electron chi connectivity index (χ1n) is 12.9. The Morgan fingerprint density at radius 1 is 1.03 bits per heavy atom. The number of hydrogen-bond donors (Lipinski definition) is 1. The lowest BCUT2D eigenvalue weighted by atomic mass is 9.94. The van der Waals surface area contributed by atoms with E-state index in [1.54, 1.807) is 23.5 Å². The highest BCUT2D eigenvalue weighted by Gasteiger charge is 2.24. The predicted octanol–water partition coefficient (Wildman–Crippen LogP) is 10.0. The molecule has 0 bridgehead atoms. The van der Waals surface area contributed by atoms with E-state index < -0.39 is 5.92 Å². The van der Waals surface area contributed by atoms with Crippen molar-refractivity contribution in [1.82, 2.24) is 5.32 Å². The Labute approximate surface area is 231 Å². The summed E-state index contributed by atoms with van der Waals surface area (Å²) >= 11 is 1.76. The van der Waals surface area contributed by atoms with E-state index in [0.717, 1.165) is 70.5 Å². The van der Waals surface area contributed by atoms with Crippen LogP contribution in [-0.4, -0.2) is 13.2 Å². The zero-order valence-electron chi connectivity index (χ0n) is 23.4. The van der Waals surface area contributed by atoms with E-state index in [9.17, 15) is 8.78 Å². The van der Waals surface area contributed by atoms with Crippen LogP contribution in [0.2, 0.25) is 0 Å². The summed E-state index contributed by atoms with van der Waals surface area (Å²) in [6, 6.07) is 14.9. The Hall–Kier alpha value is -3.18. The first kappa shape index (κ1) is 31.0. The molecule has 5 heteroatoms. The standard InChI is InChI=1S/C31H37F2NOS.C2H4/c1-8-24(29-14-13-28(36-29)23(6)34-16-15-20(2)3)19-35-27-17-21(4)30(22(5)18-27)25-9-11-26(12-10-25)31(7,32)33;1-2/h9-14,17-18,24,34H,2,6,8,15-16,19H2,1,3-5,7H3;1-2H2. The van der Waals surface area contributed by atoms with Crippen LogP contribution >= 0.6 is 11.3 Å². The minimum absolute atomic E-state index is 0.0232. The van der Waals surface area contributed by atoms with Gasteiger partial charge in [0.25, 0.3) is 5.92 Å². The third-order valence-corrected chi connectivity index (χ3v) is 7.65. The van der Waals surface area contributed by atoms with Gasteiger partial charge in [0.15, 0.2) is 0 Å². The number of benzene rings is 2. The van der Waals surface area contributed by atoms with E-state index in [1.807, 2.05) is 32.9 Å². The van der Waals surface area contributed by atoms with Crippen molar-refractivity contribution in [3.05, 3.63) is 107 Å². The zero-order valence-corrected chi connectivity index (χ0v) is 24.2. The van der Waals surface area contributed by atoms with E-state index in [1.165, 1.54) is 17.0 Å². The summed E-state index contributed by atoms with van der Waals surface area (Å²) in [7, 11) is 0. The minimum Gasteiger partial charge on any atom is -0.493 e. The summed E-state index contributed by atoms with van der Waals surface area (Å²) in [5.74, 6) is -1.73. The molecule has 1 N–H and O–H groups in total. The SMILES string of the molecule is C=C.C=C(C)CCNC(=C)c1ccc(C(CC)COc2cc(C)c(-c3ccc(C(C)(F)F)cc3)c(C)c2)s1. The number of nitrogens with one attached hydrogen (secondary N) is 1. The van der Waals surface area contributed by atoms with Crippen LogP contribution in [0.3, 0.4) is 0 Å². The van der Waals surface area contributed by atoms with Gasteiger partial charge >= 0.3 is 0 Å². The van der Waals surface area contributed by atoms with Crippen LogP contribution in [0.5, 0.6) is 5.75 Å². The van der Waals surface area contributed by atoms with Crippen molar-refractivity contribution in [3.8, 4) is 16.9 Å². The average molecular weight is 538 g/mol. The molecule has 0 aliphatic carbocycles. The first-order valence-corrected chi connectivity index (χ1v) is 13.7. The Balaban J connectivity index is 0.00000247. The van der Waals surface area contributed by atoms with Gasteiger partial charge in [0, 0.05) is 40.4 Å². The van der Waals surface area contributed by atoms with Gasteiger partial charge in [-0.05, 0) is 80.1 Å². The molecule has 0 saturated carbocycles. The monoisotopic (exact) mass is 537 g/mol. The van der Waals surface area contributed by atoms with Crippen LogP contribution in [0.4, 0.5) is 8.78 Å². The highest BCUT2D eigenvalue weighted by molar-refractivity contribution is 7.13. The molecule has 1 unspecified atom stereocenters. The van der Waals surface area contributed by atoms with Gasteiger partial charge in [-0.2, -0.15) is 0 Å². The van der Waals surface area contributed by atoms with E-state index in [0.29, 0.717) is 6.61 Å². The molecule has 2 nitrogen and oxygen atoms in total. The van der Waals surface area contributed by atoms with Gasteiger partial charge in [-0.1, -0.05) is 43.3 Å². The average Bonchev–Trinajstić information content (AvgIpc) is 3.35. The number of thiophene rings is 1. The lowest BCUT2D eigenvalue weighted by Gasteiger charge is -2.18. The quantitative estimate of drug-likeness (QED) is 0.232. The molecule has 3 aromatic rings. The van der Waals surface area contributed by atoms with E-state index >= 15 is 0 Å². The van der Waals surface area contributed by atoms with Gasteiger partial charge < -0.3 is 10.1 Å². The maximum Gasteiger partial charge on any atom is 0.270 e. The van der Waals surface area contributed by atoms with Gasteiger partial charge in [0.2, 0.25) is 0 Å². The molecule has 38 heavy (non-hydrogen) atoms. The van der Waals surface area contributed by atoms with E-state index in [-0.39, 0.29) is 11.5 Å². The molecule has 0 amide bonds. The van der Waals surface area contributed by atoms with Crippen LogP contribution in [0.25, 0.3) is 16.8 Å². The number of hydrogen-bond acceptors (Lipinski definition) is 3. The summed E-state index contributed by atoms with van der Waals surface area (Å²) in [4.78, 5) is 2.43. The number of aryl methyl sites for hydroxylation is 2. The van der Waals surface area contributed by atoms with E-state index in [4.69, 9.17) is 4.74 Å². The second-order valence-electron chi connectivity index (χ2n) is 9.63. The summed E-state index contributed by atoms with van der Waals surface area (Å²) < 4.78 is 33.4. The minimum atomic E-state index is -2.84. The van der Waals surface area contributed by atoms with Crippen LogP contribution < -0.4 is 10.1 Å². The fourth-order valence-electron chi connectivity index (χ4n) is 4.24. The van der Waals surface area contributed by atoms with Gasteiger partial charge in [-0.3, -0.25) is 0 Å². The Morgan fingerprint density at radius 2 is 1.63 bits per heavy atom. The van der Waals surface area contributed by atoms with Gasteiger partial charge in [0.1, 0.15) is 5.75 Å². The molecule has 2 aromatic carbocycles. The van der Waals surface area contributed by atoms with Crippen molar-refractivity contribution in [1.29, 1.82) is 0 Å². The van der Waals surface area contributed by atoms with Crippen LogP contribution in [-0.2, 0) is 5.92 Å². The Kier molecular flexibility index (Phi) is 11.5. The number of ether oxygens (including phenoxy) is 1. The molecular formula is C33H41F2NOS. The van der Waals surface area contributed by atoms with Crippen molar-refractivity contribution in [3.63, 3.8) is 0 Å². The molecular weight excluding hydrogens is 496 g/mol. The molecule has 0 spiro atoms. The van der Waals surface area contributed by atoms with Gasteiger partial charge in [0.05, 0.1) is 6.61 Å². The Bertz CT molecular complexity index is 1200. The molecule has 0 radical (unpaired) electrons. The second-order valence-corrected chi connectivity index (χ2v) is 10.7. The summed E-state index contributed by atoms with van der Waals surface area (Å²) in [5, 5.41) is 3.39. The predicted molar refractivity (Wildman–Crippen MR) is 161 cm³/mol. The molecule has 0 saturated heterocycles. The largest absolute Gasteiger partial charge is 0.493 e. The Morgan fingerprint density at radius 3 is 2.16 bits per heavy atom. The molecule has 3 rings (SSSR count). The van der Waals surface area contributed by atoms with Crippen LogP contribution in [0, 0.1) is 13.8 Å². The summed E-state index contributed by atoms with van der Waals surface area (Å²) in [5.41, 5.74) is 6.23. The molecule has 1 atom stereocenters. The molecule has 0 aliphatic heterocycles. The second kappa shape index (κ2) is 14.1. The van der Waals surface area contributed by atoms with Crippen molar-refractivity contribution in [2.45, 2.75) is 59.3 Å². The number of rotatable bonds is 12. The highest BCUT2D eigenvalue weighted by Crippen LogP contribution is 2.35. The lowest BCUT2D eigenvalue weighted by molar-refractivity contribution is 0.0175. The van der Waals surface area contributed by atoms with Crippen LogP contribution in [0.15, 0.2) is 80.4 Å². The third kappa shape index (κ3) is 8.42. The molecule has 1 heterocycles. The molecule has 1 aromatic heterocycles. The first-order chi connectivity index (χ1) is 18.0.